The molecule has 0 bridgehead atoms. The molecule has 1 N–H and O–H groups in total. The number of hydrogen-bond acceptors (Lipinski definition) is 2. The van der Waals surface area contributed by atoms with Crippen molar-refractivity contribution < 1.29 is 5.11 Å². The average molecular weight is 267 g/mol. The molecule has 0 saturated carbocycles. The summed E-state index contributed by atoms with van der Waals surface area (Å²) in [6.07, 6.45) is 0. The van der Waals surface area contributed by atoms with Gasteiger partial charge in [0, 0.05) is 0 Å². The van der Waals surface area contributed by atoms with Crippen molar-refractivity contribution in [2.45, 2.75) is 26.4 Å². The van der Waals surface area contributed by atoms with Crippen LogP contribution in [0.3, 0.4) is 0 Å². The summed E-state index contributed by atoms with van der Waals surface area (Å²) < 4.78 is 0. The minimum Gasteiger partial charge on any atom is -0.380 e. The van der Waals surface area contributed by atoms with E-state index < -0.39 is 5.60 Å². The second-order valence-electron chi connectivity index (χ2n) is 4.55. The van der Waals surface area contributed by atoms with Gasteiger partial charge >= 0.3 is 0 Å². The number of benzene rings is 1. The van der Waals surface area contributed by atoms with Crippen LogP contribution in [-0.2, 0) is 5.60 Å². The van der Waals surface area contributed by atoms with E-state index in [1.165, 1.54) is 11.3 Å². The molecule has 0 aliphatic rings. The summed E-state index contributed by atoms with van der Waals surface area (Å²) in [5.74, 6) is 0. The molecule has 0 amide bonds. The van der Waals surface area contributed by atoms with Gasteiger partial charge in [0.05, 0.1) is 9.90 Å². The van der Waals surface area contributed by atoms with E-state index in [4.69, 9.17) is 11.6 Å². The van der Waals surface area contributed by atoms with Crippen molar-refractivity contribution in [3.05, 3.63) is 56.2 Å². The molecule has 0 aliphatic heterocycles. The Balaban J connectivity index is 2.55. The van der Waals surface area contributed by atoms with E-state index >= 15 is 0 Å². The normalized spacial score (nSPS) is 14.6. The zero-order chi connectivity index (χ0) is 12.6. The number of hydrogen-bond donors (Lipinski definition) is 1. The van der Waals surface area contributed by atoms with E-state index in [0.717, 1.165) is 21.6 Å². The third-order valence-corrected chi connectivity index (χ3v) is 4.40. The standard InChI is InChI=1S/C14H15ClOS/c1-9-6-10(2)8-11(7-9)14(3,16)13-12(15)4-5-17-13/h4-8,16H,1-3H3. The molecule has 1 heterocycles. The first-order valence-electron chi connectivity index (χ1n) is 5.46. The van der Waals surface area contributed by atoms with Crippen molar-refractivity contribution in [2.24, 2.45) is 0 Å². The lowest BCUT2D eigenvalue weighted by molar-refractivity contribution is 0.106. The third-order valence-electron chi connectivity index (χ3n) is 2.84. The lowest BCUT2D eigenvalue weighted by Gasteiger charge is -2.24. The number of thiophene rings is 1. The zero-order valence-corrected chi connectivity index (χ0v) is 11.7. The minimum atomic E-state index is -1.03. The number of aliphatic hydroxyl groups is 1. The molecule has 90 valence electrons. The van der Waals surface area contributed by atoms with E-state index in [-0.39, 0.29) is 0 Å². The van der Waals surface area contributed by atoms with Crippen LogP contribution in [0.5, 0.6) is 0 Å². The number of halogens is 1. The Morgan fingerprint density at radius 1 is 1.18 bits per heavy atom. The molecule has 2 aromatic rings. The Morgan fingerprint density at radius 2 is 1.76 bits per heavy atom. The smallest absolute Gasteiger partial charge is 0.122 e. The van der Waals surface area contributed by atoms with Gasteiger partial charge in [0.25, 0.3) is 0 Å². The Morgan fingerprint density at radius 3 is 2.24 bits per heavy atom. The second-order valence-corrected chi connectivity index (χ2v) is 5.87. The molecule has 1 atom stereocenters. The molecule has 0 spiro atoms. The fourth-order valence-electron chi connectivity index (χ4n) is 2.03. The summed E-state index contributed by atoms with van der Waals surface area (Å²) in [5, 5.41) is 13.2. The molecule has 0 radical (unpaired) electrons. The summed E-state index contributed by atoms with van der Waals surface area (Å²) in [4.78, 5) is 0.796. The highest BCUT2D eigenvalue weighted by atomic mass is 35.5. The summed E-state index contributed by atoms with van der Waals surface area (Å²) in [6, 6.07) is 7.92. The van der Waals surface area contributed by atoms with Gasteiger partial charge in [0.1, 0.15) is 5.60 Å². The topological polar surface area (TPSA) is 20.2 Å². The van der Waals surface area contributed by atoms with E-state index in [1.54, 1.807) is 6.92 Å². The predicted octanol–water partition coefficient (Wildman–Crippen LogP) is 4.27. The van der Waals surface area contributed by atoms with Gasteiger partial charge in [-0.15, -0.1) is 11.3 Å². The maximum atomic E-state index is 10.7. The van der Waals surface area contributed by atoms with Crippen molar-refractivity contribution in [1.82, 2.24) is 0 Å². The van der Waals surface area contributed by atoms with Crippen LogP contribution in [0.25, 0.3) is 0 Å². The van der Waals surface area contributed by atoms with Crippen molar-refractivity contribution in [3.8, 4) is 0 Å². The molecular formula is C14H15ClOS. The van der Waals surface area contributed by atoms with Gasteiger partial charge in [-0.25, -0.2) is 0 Å². The van der Waals surface area contributed by atoms with Gasteiger partial charge in [-0.1, -0.05) is 40.9 Å². The van der Waals surface area contributed by atoms with Crippen LogP contribution >= 0.6 is 22.9 Å². The lowest BCUT2D eigenvalue weighted by Crippen LogP contribution is -2.22. The predicted molar refractivity (Wildman–Crippen MR) is 73.9 cm³/mol. The first-order chi connectivity index (χ1) is 7.91. The molecule has 2 rings (SSSR count). The Kier molecular flexibility index (Phi) is 3.30. The lowest BCUT2D eigenvalue weighted by atomic mass is 9.91. The van der Waals surface area contributed by atoms with Gasteiger partial charge in [-0.05, 0) is 37.8 Å². The number of aryl methyl sites for hydroxylation is 2. The first kappa shape index (κ1) is 12.6. The highest BCUT2D eigenvalue weighted by Crippen LogP contribution is 2.38. The minimum absolute atomic E-state index is 0.624. The first-order valence-corrected chi connectivity index (χ1v) is 6.71. The van der Waals surface area contributed by atoms with E-state index in [0.29, 0.717) is 5.02 Å². The quantitative estimate of drug-likeness (QED) is 0.860. The van der Waals surface area contributed by atoms with E-state index in [2.05, 4.69) is 6.07 Å². The van der Waals surface area contributed by atoms with E-state index in [1.807, 2.05) is 37.4 Å². The molecule has 1 aromatic carbocycles. The van der Waals surface area contributed by atoms with Gasteiger partial charge in [-0.3, -0.25) is 0 Å². The Bertz CT molecular complexity index is 523. The molecule has 17 heavy (non-hydrogen) atoms. The maximum absolute atomic E-state index is 10.7. The van der Waals surface area contributed by atoms with E-state index in [9.17, 15) is 5.11 Å². The Labute approximate surface area is 111 Å². The van der Waals surface area contributed by atoms with Crippen LogP contribution in [0.1, 0.15) is 28.5 Å². The van der Waals surface area contributed by atoms with Crippen LogP contribution in [0.2, 0.25) is 5.02 Å². The van der Waals surface area contributed by atoms with Crippen LogP contribution < -0.4 is 0 Å². The van der Waals surface area contributed by atoms with Gasteiger partial charge in [0.2, 0.25) is 0 Å². The summed E-state index contributed by atoms with van der Waals surface area (Å²) in [7, 11) is 0. The molecule has 1 aromatic heterocycles. The molecule has 1 unspecified atom stereocenters. The number of rotatable bonds is 2. The fourth-order valence-corrected chi connectivity index (χ4v) is 3.35. The van der Waals surface area contributed by atoms with Gasteiger partial charge in [0.15, 0.2) is 0 Å². The average Bonchev–Trinajstić information content (AvgIpc) is 2.63. The highest BCUT2D eigenvalue weighted by Gasteiger charge is 2.29. The maximum Gasteiger partial charge on any atom is 0.122 e. The highest BCUT2D eigenvalue weighted by molar-refractivity contribution is 7.10. The van der Waals surface area contributed by atoms with Gasteiger partial charge < -0.3 is 5.11 Å². The Hall–Kier alpha value is -0.830. The summed E-state index contributed by atoms with van der Waals surface area (Å²) in [6.45, 7) is 5.85. The van der Waals surface area contributed by atoms with Crippen LogP contribution in [0, 0.1) is 13.8 Å². The van der Waals surface area contributed by atoms with Crippen LogP contribution in [0.4, 0.5) is 0 Å². The molecule has 0 aliphatic carbocycles. The fraction of sp³-hybridized carbons (Fsp3) is 0.286. The van der Waals surface area contributed by atoms with Crippen LogP contribution in [-0.4, -0.2) is 5.11 Å². The van der Waals surface area contributed by atoms with Crippen LogP contribution in [0.15, 0.2) is 29.6 Å². The van der Waals surface area contributed by atoms with Gasteiger partial charge in [-0.2, -0.15) is 0 Å². The molecular weight excluding hydrogens is 252 g/mol. The van der Waals surface area contributed by atoms with Crippen molar-refractivity contribution in [3.63, 3.8) is 0 Å². The van der Waals surface area contributed by atoms with Crippen molar-refractivity contribution in [1.29, 1.82) is 0 Å². The monoisotopic (exact) mass is 266 g/mol. The zero-order valence-electron chi connectivity index (χ0n) is 10.1. The van der Waals surface area contributed by atoms with Crippen molar-refractivity contribution >= 4 is 22.9 Å². The third kappa shape index (κ3) is 2.39. The molecule has 0 saturated heterocycles. The largest absolute Gasteiger partial charge is 0.380 e. The SMILES string of the molecule is Cc1cc(C)cc(C(C)(O)c2sccc2Cl)c1. The molecule has 0 fully saturated rings. The van der Waals surface area contributed by atoms with Crippen molar-refractivity contribution in [2.75, 3.05) is 0 Å². The molecule has 3 heteroatoms. The molecule has 1 nitrogen and oxygen atoms in total. The summed E-state index contributed by atoms with van der Waals surface area (Å²) in [5.41, 5.74) is 2.16. The second kappa shape index (κ2) is 4.45. The summed E-state index contributed by atoms with van der Waals surface area (Å²) >= 11 is 7.59.